The van der Waals surface area contributed by atoms with E-state index in [-0.39, 0.29) is 7.92 Å². The Kier molecular flexibility index (Phi) is 5.74. The zero-order chi connectivity index (χ0) is 17.6. The molecule has 3 heterocycles. The summed E-state index contributed by atoms with van der Waals surface area (Å²) in [5.41, 5.74) is 0. The molecule has 0 aliphatic carbocycles. The number of anilines is 2. The number of nitrogens with zero attached hydrogens (tertiary/aromatic N) is 4. The number of aromatic nitrogens is 2. The molecule has 4 rings (SSSR count). The van der Waals surface area contributed by atoms with Gasteiger partial charge in [-0.2, -0.15) is 0 Å². The predicted octanol–water partition coefficient (Wildman–Crippen LogP) is 4.12. The lowest BCUT2D eigenvalue weighted by Crippen LogP contribution is -2.35. The number of benzene rings is 1. The Morgan fingerprint density at radius 2 is 1.23 bits per heavy atom. The van der Waals surface area contributed by atoms with E-state index in [4.69, 9.17) is 0 Å². The normalized spacial score (nSPS) is 19.2. The molecule has 1 aliphatic rings. The maximum absolute atomic E-state index is 4.59. The summed E-state index contributed by atoms with van der Waals surface area (Å²) in [5.74, 6) is 2.18. The highest BCUT2D eigenvalue weighted by atomic mass is 31.1. The molecule has 0 atom stereocenters. The Hall–Kier alpha value is -2.02. The summed E-state index contributed by atoms with van der Waals surface area (Å²) in [7, 11) is 0.472. The standard InChI is InChI=1S/C20H22N4P2/c1-2-8-18(9-3-1)26-16-23(19-10-4-6-12-21-19)14-25-15-24(17-26)20-11-5-7-13-22-20/h1-13,25H,14-17H2. The molecule has 0 unspecified atom stereocenters. The molecule has 0 saturated carbocycles. The SMILES string of the molecule is c1ccc(P2CN(c3ccccn3)CPCN(c3ccccn3)C2)cc1. The molecule has 1 saturated heterocycles. The van der Waals surface area contributed by atoms with Gasteiger partial charge in [-0.1, -0.05) is 51.0 Å². The molecule has 0 amide bonds. The molecule has 3 aromatic rings. The smallest absolute Gasteiger partial charge is 0.129 e. The molecular weight excluding hydrogens is 358 g/mol. The van der Waals surface area contributed by atoms with E-state index in [1.165, 1.54) is 5.30 Å². The summed E-state index contributed by atoms with van der Waals surface area (Å²) < 4.78 is 0. The summed E-state index contributed by atoms with van der Waals surface area (Å²) in [6.45, 7) is 0. The molecule has 1 aromatic carbocycles. The van der Waals surface area contributed by atoms with Crippen molar-refractivity contribution in [2.45, 2.75) is 0 Å². The molecule has 0 spiro atoms. The number of hydrogen-bond donors (Lipinski definition) is 0. The highest BCUT2D eigenvalue weighted by Gasteiger charge is 2.23. The van der Waals surface area contributed by atoms with E-state index in [0.717, 1.165) is 45.4 Å². The summed E-state index contributed by atoms with van der Waals surface area (Å²) in [5, 5.41) is 1.44. The van der Waals surface area contributed by atoms with E-state index in [1.54, 1.807) is 0 Å². The third-order valence-corrected chi connectivity index (χ3v) is 7.96. The molecule has 132 valence electrons. The van der Waals surface area contributed by atoms with Gasteiger partial charge in [-0.15, -0.1) is 0 Å². The highest BCUT2D eigenvalue weighted by molar-refractivity contribution is 7.66. The van der Waals surface area contributed by atoms with Crippen LogP contribution in [0.25, 0.3) is 0 Å². The van der Waals surface area contributed by atoms with Crippen molar-refractivity contribution in [1.82, 2.24) is 9.97 Å². The van der Waals surface area contributed by atoms with Crippen molar-refractivity contribution in [2.75, 3.05) is 34.9 Å². The molecule has 0 bridgehead atoms. The van der Waals surface area contributed by atoms with Crippen molar-refractivity contribution in [3.63, 3.8) is 0 Å². The number of hydrogen-bond acceptors (Lipinski definition) is 4. The Balaban J connectivity index is 1.62. The largest absolute Gasteiger partial charge is 0.348 e. The summed E-state index contributed by atoms with van der Waals surface area (Å²) in [4.78, 5) is 14.1. The van der Waals surface area contributed by atoms with Crippen LogP contribution in [0.15, 0.2) is 79.1 Å². The van der Waals surface area contributed by atoms with E-state index in [0.29, 0.717) is 0 Å². The van der Waals surface area contributed by atoms with Gasteiger partial charge in [0.25, 0.3) is 0 Å². The molecule has 2 aromatic heterocycles. The number of pyridine rings is 2. The van der Waals surface area contributed by atoms with Crippen molar-refractivity contribution < 1.29 is 0 Å². The van der Waals surface area contributed by atoms with Gasteiger partial charge >= 0.3 is 0 Å². The van der Waals surface area contributed by atoms with Gasteiger partial charge < -0.3 is 9.80 Å². The Morgan fingerprint density at radius 3 is 1.73 bits per heavy atom. The third-order valence-electron chi connectivity index (χ3n) is 4.36. The lowest BCUT2D eigenvalue weighted by Gasteiger charge is -2.36. The van der Waals surface area contributed by atoms with Crippen LogP contribution >= 0.6 is 16.5 Å². The third kappa shape index (κ3) is 4.20. The fraction of sp³-hybridized carbons (Fsp3) is 0.200. The van der Waals surface area contributed by atoms with Crippen LogP contribution in [0.4, 0.5) is 11.6 Å². The minimum Gasteiger partial charge on any atom is -0.348 e. The molecule has 6 heteroatoms. The van der Waals surface area contributed by atoms with Crippen LogP contribution in [0, 0.1) is 0 Å². The van der Waals surface area contributed by atoms with Gasteiger partial charge in [0, 0.05) is 37.5 Å². The first-order chi connectivity index (χ1) is 12.9. The van der Waals surface area contributed by atoms with E-state index >= 15 is 0 Å². The van der Waals surface area contributed by atoms with Crippen LogP contribution in [-0.4, -0.2) is 35.1 Å². The van der Waals surface area contributed by atoms with Gasteiger partial charge in [0.05, 0.1) is 0 Å². The summed E-state index contributed by atoms with van der Waals surface area (Å²) >= 11 is 0. The number of rotatable bonds is 3. The minimum atomic E-state index is -0.360. The van der Waals surface area contributed by atoms with Crippen LogP contribution in [0.1, 0.15) is 0 Å². The maximum atomic E-state index is 4.59. The average Bonchev–Trinajstić information content (AvgIpc) is 2.70. The highest BCUT2D eigenvalue weighted by Crippen LogP contribution is 2.41. The zero-order valence-electron chi connectivity index (χ0n) is 14.6. The van der Waals surface area contributed by atoms with Gasteiger partial charge in [0.2, 0.25) is 0 Å². The fourth-order valence-corrected chi connectivity index (χ4v) is 6.96. The van der Waals surface area contributed by atoms with Crippen LogP contribution in [-0.2, 0) is 0 Å². The van der Waals surface area contributed by atoms with E-state index < -0.39 is 0 Å². The van der Waals surface area contributed by atoms with E-state index in [9.17, 15) is 0 Å². The first-order valence-corrected chi connectivity index (χ1v) is 11.9. The molecule has 0 N–H and O–H groups in total. The maximum Gasteiger partial charge on any atom is 0.129 e. The molecule has 0 radical (unpaired) electrons. The first kappa shape index (κ1) is 17.4. The quantitative estimate of drug-likeness (QED) is 0.640. The molecule has 1 fully saturated rings. The van der Waals surface area contributed by atoms with Crippen molar-refractivity contribution in [3.05, 3.63) is 79.1 Å². The lowest BCUT2D eigenvalue weighted by atomic mass is 10.4. The fourth-order valence-electron chi connectivity index (χ4n) is 3.07. The van der Waals surface area contributed by atoms with Crippen molar-refractivity contribution >= 4 is 33.4 Å². The molecular formula is C20H22N4P2. The van der Waals surface area contributed by atoms with Gasteiger partial charge in [0.15, 0.2) is 0 Å². The van der Waals surface area contributed by atoms with E-state index in [2.05, 4.69) is 74.4 Å². The molecule has 26 heavy (non-hydrogen) atoms. The second kappa shape index (κ2) is 8.58. The van der Waals surface area contributed by atoms with Gasteiger partial charge in [-0.05, 0) is 37.5 Å². The first-order valence-electron chi connectivity index (χ1n) is 8.73. The monoisotopic (exact) mass is 380 g/mol. The van der Waals surface area contributed by atoms with Crippen molar-refractivity contribution in [1.29, 1.82) is 0 Å². The second-order valence-electron chi connectivity index (χ2n) is 6.18. The Labute approximate surface area is 157 Å². The summed E-state index contributed by atoms with van der Waals surface area (Å²) in [6.07, 6.45) is 7.95. The second-order valence-corrected chi connectivity index (χ2v) is 9.47. The van der Waals surface area contributed by atoms with Gasteiger partial charge in [0.1, 0.15) is 11.6 Å². The van der Waals surface area contributed by atoms with Crippen molar-refractivity contribution in [2.24, 2.45) is 0 Å². The molecule has 4 nitrogen and oxygen atoms in total. The van der Waals surface area contributed by atoms with Crippen LogP contribution in [0.3, 0.4) is 0 Å². The van der Waals surface area contributed by atoms with Crippen LogP contribution in [0.5, 0.6) is 0 Å². The Bertz CT molecular complexity index is 752. The molecule has 1 aliphatic heterocycles. The van der Waals surface area contributed by atoms with Gasteiger partial charge in [-0.3, -0.25) is 0 Å². The lowest BCUT2D eigenvalue weighted by molar-refractivity contribution is 0.954. The topological polar surface area (TPSA) is 32.3 Å². The van der Waals surface area contributed by atoms with Crippen molar-refractivity contribution in [3.8, 4) is 0 Å². The predicted molar refractivity (Wildman–Crippen MR) is 114 cm³/mol. The minimum absolute atomic E-state index is 0.360. The zero-order valence-corrected chi connectivity index (χ0v) is 16.5. The Morgan fingerprint density at radius 1 is 0.692 bits per heavy atom. The van der Waals surface area contributed by atoms with Gasteiger partial charge in [-0.25, -0.2) is 9.97 Å². The summed E-state index contributed by atoms with van der Waals surface area (Å²) in [6, 6.07) is 23.3. The average molecular weight is 380 g/mol. The van der Waals surface area contributed by atoms with E-state index in [1.807, 2.05) is 24.5 Å². The van der Waals surface area contributed by atoms with Crippen LogP contribution in [0.2, 0.25) is 0 Å². The van der Waals surface area contributed by atoms with Crippen LogP contribution < -0.4 is 15.1 Å².